The molecule has 1 aromatic heterocycles. The zero-order valence-corrected chi connectivity index (χ0v) is 18.1. The van der Waals surface area contributed by atoms with Gasteiger partial charge in [0, 0.05) is 9.90 Å². The first-order valence-electron chi connectivity index (χ1n) is 9.37. The molecule has 1 amide bonds. The molecule has 1 heterocycles. The summed E-state index contributed by atoms with van der Waals surface area (Å²) in [5, 5.41) is 4.11. The van der Waals surface area contributed by atoms with E-state index in [2.05, 4.69) is 5.32 Å². The number of aryl methyl sites for hydroxylation is 3. The maximum atomic E-state index is 12.7. The summed E-state index contributed by atoms with van der Waals surface area (Å²) in [7, 11) is 0. The van der Waals surface area contributed by atoms with Gasteiger partial charge in [0.05, 0.1) is 12.2 Å². The molecule has 1 aliphatic rings. The molecule has 2 aromatic rings. The van der Waals surface area contributed by atoms with Crippen LogP contribution in [0.25, 0.3) is 0 Å². The molecule has 7 heteroatoms. The number of carbonyl (C=O) groups is 2. The van der Waals surface area contributed by atoms with E-state index in [-0.39, 0.29) is 11.9 Å². The van der Waals surface area contributed by atoms with Crippen molar-refractivity contribution < 1.29 is 19.1 Å². The van der Waals surface area contributed by atoms with Crippen LogP contribution in [0.15, 0.2) is 12.1 Å². The van der Waals surface area contributed by atoms with E-state index in [1.54, 1.807) is 13.8 Å². The van der Waals surface area contributed by atoms with Crippen molar-refractivity contribution >= 4 is 39.8 Å². The normalized spacial score (nSPS) is 13.8. The highest BCUT2D eigenvalue weighted by Crippen LogP contribution is 2.39. The van der Waals surface area contributed by atoms with Crippen molar-refractivity contribution in [1.82, 2.24) is 0 Å². The number of amides is 1. The van der Waals surface area contributed by atoms with E-state index in [4.69, 9.17) is 21.1 Å². The van der Waals surface area contributed by atoms with E-state index in [1.807, 2.05) is 26.0 Å². The molecular weight excluding hydrogens is 398 g/mol. The van der Waals surface area contributed by atoms with E-state index < -0.39 is 6.10 Å². The summed E-state index contributed by atoms with van der Waals surface area (Å²) >= 11 is 7.64. The largest absolute Gasteiger partial charge is 0.481 e. The van der Waals surface area contributed by atoms with Gasteiger partial charge in [-0.2, -0.15) is 0 Å². The molecule has 5 nitrogen and oxygen atoms in total. The molecule has 1 unspecified atom stereocenters. The average Bonchev–Trinajstić information content (AvgIpc) is 3.20. The van der Waals surface area contributed by atoms with Crippen LogP contribution in [0.1, 0.15) is 52.2 Å². The lowest BCUT2D eigenvalue weighted by Crippen LogP contribution is -2.30. The van der Waals surface area contributed by atoms with Gasteiger partial charge in [-0.1, -0.05) is 11.6 Å². The molecule has 0 radical (unpaired) electrons. The third-order valence-electron chi connectivity index (χ3n) is 4.73. The Morgan fingerprint density at radius 1 is 1.25 bits per heavy atom. The highest BCUT2D eigenvalue weighted by molar-refractivity contribution is 7.17. The lowest BCUT2D eigenvalue weighted by Gasteiger charge is -2.16. The molecule has 150 valence electrons. The lowest BCUT2D eigenvalue weighted by atomic mass is 10.1. The molecule has 0 bridgehead atoms. The smallest absolute Gasteiger partial charge is 0.341 e. The van der Waals surface area contributed by atoms with Crippen LogP contribution in [0, 0.1) is 13.8 Å². The Kier molecular flexibility index (Phi) is 6.30. The fourth-order valence-corrected chi connectivity index (χ4v) is 4.75. The summed E-state index contributed by atoms with van der Waals surface area (Å²) in [5.74, 6) is -0.105. The van der Waals surface area contributed by atoms with Crippen molar-refractivity contribution in [2.45, 2.75) is 53.1 Å². The zero-order valence-electron chi connectivity index (χ0n) is 16.5. The number of halogens is 1. The summed E-state index contributed by atoms with van der Waals surface area (Å²) < 4.78 is 11.0. The molecule has 0 saturated heterocycles. The molecule has 0 aliphatic heterocycles. The van der Waals surface area contributed by atoms with Crippen molar-refractivity contribution in [3.05, 3.63) is 44.3 Å². The minimum Gasteiger partial charge on any atom is -0.481 e. The van der Waals surface area contributed by atoms with Gasteiger partial charge in [0.1, 0.15) is 10.8 Å². The van der Waals surface area contributed by atoms with E-state index in [9.17, 15) is 9.59 Å². The summed E-state index contributed by atoms with van der Waals surface area (Å²) in [6.07, 6.45) is 2.06. The Balaban J connectivity index is 1.77. The van der Waals surface area contributed by atoms with Gasteiger partial charge in [0.25, 0.3) is 5.91 Å². The minimum atomic E-state index is -0.730. The van der Waals surface area contributed by atoms with Crippen LogP contribution in [0.5, 0.6) is 5.75 Å². The molecule has 0 fully saturated rings. The second kappa shape index (κ2) is 8.53. The Morgan fingerprint density at radius 3 is 2.57 bits per heavy atom. The Bertz CT molecular complexity index is 898. The molecule has 1 atom stereocenters. The second-order valence-corrected chi connectivity index (χ2v) is 8.39. The molecule has 1 aliphatic carbocycles. The van der Waals surface area contributed by atoms with Crippen molar-refractivity contribution in [3.8, 4) is 5.75 Å². The quantitative estimate of drug-likeness (QED) is 0.660. The number of hydrogen-bond acceptors (Lipinski definition) is 5. The number of rotatable bonds is 6. The molecule has 0 saturated carbocycles. The monoisotopic (exact) mass is 421 g/mol. The predicted molar refractivity (Wildman–Crippen MR) is 112 cm³/mol. The van der Waals surface area contributed by atoms with E-state index >= 15 is 0 Å². The Hall–Kier alpha value is -2.05. The highest BCUT2D eigenvalue weighted by atomic mass is 35.5. The van der Waals surface area contributed by atoms with Crippen molar-refractivity contribution in [2.75, 3.05) is 11.9 Å². The number of benzene rings is 1. The van der Waals surface area contributed by atoms with E-state index in [1.165, 1.54) is 11.3 Å². The van der Waals surface area contributed by atoms with Crippen LogP contribution in [-0.4, -0.2) is 24.6 Å². The number of ether oxygens (including phenoxy) is 2. The number of fused-ring (bicyclic) bond motifs is 1. The first-order chi connectivity index (χ1) is 13.3. The van der Waals surface area contributed by atoms with Crippen LogP contribution in [-0.2, 0) is 22.4 Å². The van der Waals surface area contributed by atoms with Crippen LogP contribution in [0.3, 0.4) is 0 Å². The van der Waals surface area contributed by atoms with Gasteiger partial charge in [-0.15, -0.1) is 11.3 Å². The fraction of sp³-hybridized carbons (Fsp3) is 0.429. The van der Waals surface area contributed by atoms with Crippen molar-refractivity contribution in [3.63, 3.8) is 0 Å². The van der Waals surface area contributed by atoms with Crippen LogP contribution in [0.4, 0.5) is 5.00 Å². The molecular formula is C21H24ClNO4S. The number of anilines is 1. The van der Waals surface area contributed by atoms with Gasteiger partial charge in [0.2, 0.25) is 0 Å². The maximum absolute atomic E-state index is 12.7. The summed E-state index contributed by atoms with van der Waals surface area (Å²) in [5.41, 5.74) is 3.29. The van der Waals surface area contributed by atoms with Gasteiger partial charge in [0.15, 0.2) is 6.10 Å². The molecule has 3 rings (SSSR count). The van der Waals surface area contributed by atoms with Crippen LogP contribution < -0.4 is 10.1 Å². The predicted octanol–water partition coefficient (Wildman–Crippen LogP) is 5.09. The standard InChI is InChI=1S/C21H24ClNO4S/c1-5-26-21(25)17-15-7-6-8-16(15)28-20(17)23-19(24)13(4)27-14-9-11(2)18(22)12(3)10-14/h9-10,13H,5-8H2,1-4H3,(H,23,24). The molecule has 28 heavy (non-hydrogen) atoms. The maximum Gasteiger partial charge on any atom is 0.341 e. The molecule has 1 N–H and O–H groups in total. The number of hydrogen-bond donors (Lipinski definition) is 1. The summed E-state index contributed by atoms with van der Waals surface area (Å²) in [6, 6.07) is 3.62. The lowest BCUT2D eigenvalue weighted by molar-refractivity contribution is -0.122. The highest BCUT2D eigenvalue weighted by Gasteiger charge is 2.29. The molecule has 0 spiro atoms. The van der Waals surface area contributed by atoms with Gasteiger partial charge in [-0.05, 0) is 75.8 Å². The van der Waals surface area contributed by atoms with E-state index in [0.29, 0.717) is 27.9 Å². The third-order valence-corrected chi connectivity index (χ3v) is 6.53. The van der Waals surface area contributed by atoms with Gasteiger partial charge in [-0.25, -0.2) is 4.79 Å². The van der Waals surface area contributed by atoms with Crippen molar-refractivity contribution in [1.29, 1.82) is 0 Å². The first kappa shape index (κ1) is 20.7. The number of carbonyl (C=O) groups excluding carboxylic acids is 2. The van der Waals surface area contributed by atoms with Crippen LogP contribution in [0.2, 0.25) is 5.02 Å². The fourth-order valence-electron chi connectivity index (χ4n) is 3.36. The SMILES string of the molecule is CCOC(=O)c1c(NC(=O)C(C)Oc2cc(C)c(Cl)c(C)c2)sc2c1CCC2. The van der Waals surface area contributed by atoms with Gasteiger partial charge < -0.3 is 14.8 Å². The summed E-state index contributed by atoms with van der Waals surface area (Å²) in [4.78, 5) is 26.3. The first-order valence-corrected chi connectivity index (χ1v) is 10.6. The van der Waals surface area contributed by atoms with E-state index in [0.717, 1.165) is 40.8 Å². The minimum absolute atomic E-state index is 0.297. The van der Waals surface area contributed by atoms with Crippen LogP contribution >= 0.6 is 22.9 Å². The topological polar surface area (TPSA) is 64.6 Å². The Labute approximate surface area is 174 Å². The van der Waals surface area contributed by atoms with Gasteiger partial charge >= 0.3 is 5.97 Å². The van der Waals surface area contributed by atoms with Crippen molar-refractivity contribution in [2.24, 2.45) is 0 Å². The molecule has 1 aromatic carbocycles. The number of thiophene rings is 1. The number of nitrogens with one attached hydrogen (secondary N) is 1. The average molecular weight is 422 g/mol. The third kappa shape index (κ3) is 4.18. The number of esters is 1. The zero-order chi connectivity index (χ0) is 20.4. The van der Waals surface area contributed by atoms with Gasteiger partial charge in [-0.3, -0.25) is 4.79 Å². The Morgan fingerprint density at radius 2 is 1.93 bits per heavy atom. The summed E-state index contributed by atoms with van der Waals surface area (Å²) in [6.45, 7) is 7.54. The second-order valence-electron chi connectivity index (χ2n) is 6.90.